The number of aromatic nitrogens is 2. The Bertz CT molecular complexity index is 859. The summed E-state index contributed by atoms with van der Waals surface area (Å²) >= 11 is 0.738. The summed E-state index contributed by atoms with van der Waals surface area (Å²) in [5.41, 5.74) is -0.442. The number of halogens is 3. The van der Waals surface area contributed by atoms with Crippen molar-refractivity contribution in [1.82, 2.24) is 9.97 Å². The summed E-state index contributed by atoms with van der Waals surface area (Å²) in [7, 11) is 0. The largest absolute Gasteiger partial charge is 0.433 e. The van der Waals surface area contributed by atoms with E-state index < -0.39 is 22.7 Å². The fourth-order valence-corrected chi connectivity index (χ4v) is 2.67. The van der Waals surface area contributed by atoms with Crippen molar-refractivity contribution < 1.29 is 22.9 Å². The van der Waals surface area contributed by atoms with E-state index in [9.17, 15) is 28.1 Å². The van der Waals surface area contributed by atoms with Gasteiger partial charge in [-0.05, 0) is 26.0 Å². The van der Waals surface area contributed by atoms with Crippen molar-refractivity contribution in [3.05, 3.63) is 51.3 Å². The summed E-state index contributed by atoms with van der Waals surface area (Å²) in [6.07, 6.45) is -4.61. The summed E-state index contributed by atoms with van der Waals surface area (Å²) in [5, 5.41) is 13.2. The molecule has 1 N–H and O–H groups in total. The molecular weight excluding hydrogens is 373 g/mol. The molecule has 0 bridgehead atoms. The number of alkyl halides is 3. The highest BCUT2D eigenvalue weighted by Crippen LogP contribution is 2.29. The number of nitrogens with zero attached hydrogens (tertiary/aromatic N) is 3. The molecule has 0 saturated heterocycles. The zero-order chi connectivity index (χ0) is 19.5. The van der Waals surface area contributed by atoms with Crippen LogP contribution in [0.1, 0.15) is 17.0 Å². The number of hydrogen-bond acceptors (Lipinski definition) is 6. The van der Waals surface area contributed by atoms with Crippen molar-refractivity contribution in [2.75, 3.05) is 11.1 Å². The first-order valence-electron chi connectivity index (χ1n) is 7.17. The van der Waals surface area contributed by atoms with Gasteiger partial charge in [-0.1, -0.05) is 17.8 Å². The van der Waals surface area contributed by atoms with E-state index in [1.807, 2.05) is 0 Å². The van der Waals surface area contributed by atoms with Gasteiger partial charge in [0.05, 0.1) is 10.7 Å². The number of benzene rings is 1. The second kappa shape index (κ2) is 7.68. The maximum Gasteiger partial charge on any atom is 0.433 e. The topological polar surface area (TPSA) is 98.0 Å². The van der Waals surface area contributed by atoms with E-state index in [2.05, 4.69) is 15.3 Å². The average molecular weight is 386 g/mol. The number of nitro groups is 1. The van der Waals surface area contributed by atoms with Gasteiger partial charge in [-0.25, -0.2) is 9.97 Å². The van der Waals surface area contributed by atoms with Crippen molar-refractivity contribution >= 4 is 29.0 Å². The molecule has 1 heterocycles. The first kappa shape index (κ1) is 19.6. The minimum absolute atomic E-state index is 0.129. The molecule has 138 valence electrons. The average Bonchev–Trinajstić information content (AvgIpc) is 2.53. The molecule has 0 unspecified atom stereocenters. The van der Waals surface area contributed by atoms with E-state index >= 15 is 0 Å². The molecule has 0 aliphatic rings. The quantitative estimate of drug-likeness (QED) is 0.364. The van der Waals surface area contributed by atoms with Gasteiger partial charge in [0.25, 0.3) is 5.69 Å². The summed E-state index contributed by atoms with van der Waals surface area (Å²) < 4.78 is 38.2. The lowest BCUT2D eigenvalue weighted by molar-refractivity contribution is -0.385. The van der Waals surface area contributed by atoms with Gasteiger partial charge in [0.1, 0.15) is 5.69 Å². The van der Waals surface area contributed by atoms with E-state index in [-0.39, 0.29) is 28.0 Å². The number of anilines is 1. The summed E-state index contributed by atoms with van der Waals surface area (Å²) in [4.78, 5) is 29.5. The van der Waals surface area contributed by atoms with Crippen LogP contribution in [0.5, 0.6) is 0 Å². The minimum Gasteiger partial charge on any atom is -0.325 e. The Hall–Kier alpha value is -2.69. The number of thioether (sulfide) groups is 1. The van der Waals surface area contributed by atoms with Gasteiger partial charge in [-0.2, -0.15) is 13.2 Å². The van der Waals surface area contributed by atoms with E-state index in [0.29, 0.717) is 5.56 Å². The molecule has 1 aromatic carbocycles. The highest BCUT2D eigenvalue weighted by Gasteiger charge is 2.33. The lowest BCUT2D eigenvalue weighted by Gasteiger charge is -2.09. The van der Waals surface area contributed by atoms with Gasteiger partial charge < -0.3 is 5.32 Å². The molecule has 2 rings (SSSR count). The Labute approximate surface area is 150 Å². The van der Waals surface area contributed by atoms with Crippen LogP contribution < -0.4 is 5.32 Å². The Morgan fingerprint density at radius 3 is 2.58 bits per heavy atom. The lowest BCUT2D eigenvalue weighted by atomic mass is 10.2. The first-order valence-corrected chi connectivity index (χ1v) is 8.15. The maximum atomic E-state index is 12.7. The first-order chi connectivity index (χ1) is 12.1. The summed E-state index contributed by atoms with van der Waals surface area (Å²) in [6, 6.07) is 5.01. The number of hydrogen-bond donors (Lipinski definition) is 1. The third kappa shape index (κ3) is 5.15. The Morgan fingerprint density at radius 2 is 1.96 bits per heavy atom. The SMILES string of the molecule is Cc1cc(C(F)(F)F)nc(SCC(=O)Nc2ccc(C)c([N+](=O)[O-])c2)n1. The molecular formula is C15H13F3N4O3S. The van der Waals surface area contributed by atoms with Crippen molar-refractivity contribution in [3.8, 4) is 0 Å². The molecule has 2 aromatic rings. The molecule has 1 amide bonds. The molecule has 11 heteroatoms. The van der Waals surface area contributed by atoms with Crippen LogP contribution in [0.2, 0.25) is 0 Å². The highest BCUT2D eigenvalue weighted by molar-refractivity contribution is 7.99. The molecule has 7 nitrogen and oxygen atoms in total. The van der Waals surface area contributed by atoms with Crippen LogP contribution in [-0.2, 0) is 11.0 Å². The highest BCUT2D eigenvalue weighted by atomic mass is 32.2. The zero-order valence-corrected chi connectivity index (χ0v) is 14.4. The molecule has 0 radical (unpaired) electrons. The van der Waals surface area contributed by atoms with Crippen molar-refractivity contribution in [3.63, 3.8) is 0 Å². The van der Waals surface area contributed by atoms with Crippen molar-refractivity contribution in [1.29, 1.82) is 0 Å². The van der Waals surface area contributed by atoms with E-state index in [1.54, 1.807) is 6.92 Å². The second-order valence-electron chi connectivity index (χ2n) is 5.27. The number of amides is 1. The standard InChI is InChI=1S/C15H13F3N4O3S/c1-8-3-4-10(6-11(8)22(24)25)20-13(23)7-26-14-19-9(2)5-12(21-14)15(16,17)18/h3-6H,7H2,1-2H3,(H,20,23). The molecule has 0 atom stereocenters. The van der Waals surface area contributed by atoms with Crippen LogP contribution in [0.3, 0.4) is 0 Å². The van der Waals surface area contributed by atoms with Crippen LogP contribution in [-0.4, -0.2) is 26.6 Å². The second-order valence-corrected chi connectivity index (χ2v) is 6.21. The van der Waals surface area contributed by atoms with E-state index in [1.165, 1.54) is 25.1 Å². The van der Waals surface area contributed by atoms with Gasteiger partial charge in [-0.3, -0.25) is 14.9 Å². The molecule has 26 heavy (non-hydrogen) atoms. The van der Waals surface area contributed by atoms with Crippen molar-refractivity contribution in [2.24, 2.45) is 0 Å². The van der Waals surface area contributed by atoms with E-state index in [0.717, 1.165) is 17.8 Å². The van der Waals surface area contributed by atoms with E-state index in [4.69, 9.17) is 0 Å². The third-order valence-electron chi connectivity index (χ3n) is 3.15. The minimum atomic E-state index is -4.61. The zero-order valence-electron chi connectivity index (χ0n) is 13.6. The monoisotopic (exact) mass is 386 g/mol. The molecule has 1 aromatic heterocycles. The Morgan fingerprint density at radius 1 is 1.27 bits per heavy atom. The molecule has 0 aliphatic heterocycles. The van der Waals surface area contributed by atoms with Crippen LogP contribution in [0, 0.1) is 24.0 Å². The Balaban J connectivity index is 2.05. The molecule has 0 spiro atoms. The van der Waals surface area contributed by atoms with Crippen LogP contribution in [0.25, 0.3) is 0 Å². The van der Waals surface area contributed by atoms with Gasteiger partial charge in [0.15, 0.2) is 5.16 Å². The number of aryl methyl sites for hydroxylation is 2. The van der Waals surface area contributed by atoms with Gasteiger partial charge >= 0.3 is 6.18 Å². The Kier molecular flexibility index (Phi) is 5.80. The smallest absolute Gasteiger partial charge is 0.325 e. The fraction of sp³-hybridized carbons (Fsp3) is 0.267. The summed E-state index contributed by atoms with van der Waals surface area (Å²) in [5.74, 6) is -0.797. The predicted molar refractivity (Wildman–Crippen MR) is 89.0 cm³/mol. The lowest BCUT2D eigenvalue weighted by Crippen LogP contribution is -2.15. The third-order valence-corrected chi connectivity index (χ3v) is 3.99. The molecule has 0 aliphatic carbocycles. The fourth-order valence-electron chi connectivity index (χ4n) is 1.96. The molecule has 0 saturated carbocycles. The maximum absolute atomic E-state index is 12.7. The predicted octanol–water partition coefficient (Wildman–Crippen LogP) is 3.75. The van der Waals surface area contributed by atoms with Gasteiger partial charge in [0, 0.05) is 23.0 Å². The van der Waals surface area contributed by atoms with Crippen molar-refractivity contribution in [2.45, 2.75) is 25.2 Å². The van der Waals surface area contributed by atoms with Crippen LogP contribution in [0.15, 0.2) is 29.4 Å². The number of nitro benzene ring substituents is 1. The normalized spacial score (nSPS) is 11.3. The summed E-state index contributed by atoms with van der Waals surface area (Å²) in [6.45, 7) is 2.96. The molecule has 0 fully saturated rings. The number of nitrogens with one attached hydrogen (secondary N) is 1. The van der Waals surface area contributed by atoms with Crippen LogP contribution in [0.4, 0.5) is 24.5 Å². The van der Waals surface area contributed by atoms with Crippen LogP contribution >= 0.6 is 11.8 Å². The number of carbonyl (C=O) groups excluding carboxylic acids is 1. The number of carbonyl (C=O) groups is 1. The van der Waals surface area contributed by atoms with Gasteiger partial charge in [-0.15, -0.1) is 0 Å². The number of rotatable bonds is 5. The van der Waals surface area contributed by atoms with Gasteiger partial charge in [0.2, 0.25) is 5.91 Å².